The molecule has 33 heavy (non-hydrogen) atoms. The maximum Gasteiger partial charge on any atom is 0.295 e. The minimum absolute atomic E-state index is 0.425. The molecule has 174 valence electrons. The highest BCUT2D eigenvalue weighted by molar-refractivity contribution is 5.82. The summed E-state index contributed by atoms with van der Waals surface area (Å²) in [6.45, 7) is 8.34. The van der Waals surface area contributed by atoms with Gasteiger partial charge in [-0.15, -0.1) is 0 Å². The molecule has 2 aromatic heterocycles. The second-order valence-corrected chi connectivity index (χ2v) is 8.68. The van der Waals surface area contributed by atoms with Gasteiger partial charge in [0.25, 0.3) is 6.47 Å². The number of ether oxygens (including phenoxy) is 2. The lowest BCUT2D eigenvalue weighted by Crippen LogP contribution is -2.44. The fourth-order valence-corrected chi connectivity index (χ4v) is 4.83. The van der Waals surface area contributed by atoms with E-state index in [2.05, 4.69) is 29.3 Å². The zero-order valence-corrected chi connectivity index (χ0v) is 19.2. The Morgan fingerprint density at radius 2 is 2.03 bits per heavy atom. The lowest BCUT2D eigenvalue weighted by Gasteiger charge is -2.32. The van der Waals surface area contributed by atoms with Crippen LogP contribution >= 0.6 is 0 Å². The molecule has 0 amide bonds. The summed E-state index contributed by atoms with van der Waals surface area (Å²) in [6.07, 6.45) is 4.32. The number of rotatable bonds is 6. The van der Waals surface area contributed by atoms with E-state index in [1.165, 1.54) is 11.1 Å². The number of carbonyl (C=O) groups excluding carboxylic acids is 1. The monoisotopic (exact) mass is 450 g/mol. The number of fused-ring (bicyclic) bond motifs is 1. The van der Waals surface area contributed by atoms with E-state index in [0.717, 1.165) is 54.3 Å². The van der Waals surface area contributed by atoms with Crippen molar-refractivity contribution in [2.45, 2.75) is 45.3 Å². The Morgan fingerprint density at radius 3 is 2.82 bits per heavy atom. The first-order valence-corrected chi connectivity index (χ1v) is 11.7. The van der Waals surface area contributed by atoms with Gasteiger partial charge in [0.1, 0.15) is 11.6 Å². The lowest BCUT2D eigenvalue weighted by molar-refractivity contribution is -0.165. The van der Waals surface area contributed by atoms with Crippen LogP contribution in [-0.4, -0.2) is 65.3 Å². The van der Waals surface area contributed by atoms with Gasteiger partial charge in [-0.05, 0) is 62.0 Å². The van der Waals surface area contributed by atoms with Gasteiger partial charge >= 0.3 is 0 Å². The minimum Gasteiger partial charge on any atom is -0.436 e. The Balaban J connectivity index is 1.53. The molecule has 0 unspecified atom stereocenters. The number of morpholine rings is 1. The smallest absolute Gasteiger partial charge is 0.295 e. The van der Waals surface area contributed by atoms with Crippen LogP contribution in [0.2, 0.25) is 0 Å². The van der Waals surface area contributed by atoms with Gasteiger partial charge in [0.15, 0.2) is 5.82 Å². The van der Waals surface area contributed by atoms with Gasteiger partial charge in [0, 0.05) is 24.4 Å². The summed E-state index contributed by atoms with van der Waals surface area (Å²) in [5.41, 5.74) is 3.78. The van der Waals surface area contributed by atoms with Gasteiger partial charge in [-0.1, -0.05) is 6.92 Å². The molecule has 9 nitrogen and oxygen atoms in total. The van der Waals surface area contributed by atoms with Gasteiger partial charge in [0.2, 0.25) is 6.29 Å². The van der Waals surface area contributed by atoms with Crippen molar-refractivity contribution >= 4 is 23.2 Å². The minimum atomic E-state index is -0.596. The number of piperidine rings is 1. The van der Waals surface area contributed by atoms with Crippen LogP contribution in [0.15, 0.2) is 24.4 Å². The van der Waals surface area contributed by atoms with E-state index in [0.29, 0.717) is 38.5 Å². The zero-order chi connectivity index (χ0) is 22.8. The highest BCUT2D eigenvalue weighted by Gasteiger charge is 2.24. The molecule has 1 atom stereocenters. The normalized spacial score (nSPS) is 19.7. The number of anilines is 1. The van der Waals surface area contributed by atoms with Gasteiger partial charge in [-0.3, -0.25) is 4.79 Å². The Kier molecular flexibility index (Phi) is 6.24. The van der Waals surface area contributed by atoms with E-state index < -0.39 is 6.29 Å². The lowest BCUT2D eigenvalue weighted by atomic mass is 9.87. The Hall–Kier alpha value is -3.04. The molecule has 2 fully saturated rings. The number of nitrogens with zero attached hydrogens (tertiary/aromatic N) is 5. The number of aryl methyl sites for hydroxylation is 2. The van der Waals surface area contributed by atoms with E-state index >= 15 is 0 Å². The van der Waals surface area contributed by atoms with Crippen molar-refractivity contribution in [1.29, 1.82) is 0 Å². The Morgan fingerprint density at radius 1 is 1.21 bits per heavy atom. The Bertz CT molecular complexity index is 1140. The number of nitrogens with one attached hydrogen (secondary N) is 1. The molecule has 1 N–H and O–H groups in total. The van der Waals surface area contributed by atoms with Crippen molar-refractivity contribution in [2.75, 3.05) is 37.7 Å². The molecule has 3 aromatic rings. The quantitative estimate of drug-likeness (QED) is 0.573. The van der Waals surface area contributed by atoms with Gasteiger partial charge in [-0.2, -0.15) is 5.10 Å². The summed E-state index contributed by atoms with van der Waals surface area (Å²) in [5.74, 6) is 2.84. The zero-order valence-electron chi connectivity index (χ0n) is 19.2. The summed E-state index contributed by atoms with van der Waals surface area (Å²) < 4.78 is 12.5. The fourth-order valence-electron chi connectivity index (χ4n) is 4.83. The molecule has 1 aromatic carbocycles. The molecule has 0 bridgehead atoms. The van der Waals surface area contributed by atoms with Crippen LogP contribution in [0, 0.1) is 6.92 Å². The molecule has 0 radical (unpaired) electrons. The van der Waals surface area contributed by atoms with Crippen LogP contribution in [-0.2, 0) is 20.7 Å². The molecule has 5 rings (SSSR count). The van der Waals surface area contributed by atoms with Gasteiger partial charge < -0.3 is 19.7 Å². The average Bonchev–Trinajstić information content (AvgIpc) is 3.27. The first-order chi connectivity index (χ1) is 16.2. The highest BCUT2D eigenvalue weighted by Crippen LogP contribution is 2.32. The van der Waals surface area contributed by atoms with E-state index in [1.807, 2.05) is 23.9 Å². The molecule has 0 spiro atoms. The van der Waals surface area contributed by atoms with Crippen molar-refractivity contribution in [2.24, 2.45) is 0 Å². The molecule has 2 aliphatic heterocycles. The molecule has 9 heteroatoms. The molecule has 2 saturated heterocycles. The molecule has 0 saturated carbocycles. The van der Waals surface area contributed by atoms with Crippen LogP contribution in [0.5, 0.6) is 0 Å². The van der Waals surface area contributed by atoms with Gasteiger partial charge in [0.05, 0.1) is 24.9 Å². The molecule has 2 aliphatic rings. The predicted molar refractivity (Wildman–Crippen MR) is 125 cm³/mol. The van der Waals surface area contributed by atoms with Gasteiger partial charge in [-0.25, -0.2) is 14.6 Å². The third-order valence-corrected chi connectivity index (χ3v) is 6.58. The van der Waals surface area contributed by atoms with Crippen LogP contribution in [0.1, 0.15) is 42.6 Å². The van der Waals surface area contributed by atoms with Crippen molar-refractivity contribution < 1.29 is 14.3 Å². The molecule has 4 heterocycles. The van der Waals surface area contributed by atoms with Crippen molar-refractivity contribution in [1.82, 2.24) is 25.1 Å². The van der Waals surface area contributed by atoms with Crippen molar-refractivity contribution in [3.05, 3.63) is 41.3 Å². The number of hydrogen-bond acceptors (Lipinski definition) is 8. The SMILES string of the molecule is CCc1nc(N2CCO[C@@H](OC=O)C2)cc(-n2ncc3cc(C)c(C4CCNCC4)cc32)n1. The summed E-state index contributed by atoms with van der Waals surface area (Å²) in [7, 11) is 0. The standard InChI is InChI=1S/C24H30N6O3/c1-3-21-27-22(29-8-9-32-24(14-29)33-15-31)12-23(28-21)30-20-11-19(17-4-6-25-7-5-17)16(2)10-18(20)13-26-30/h10-13,15,17,24-25H,3-9,14H2,1-2H3/t24-/m0/s1. The van der Waals surface area contributed by atoms with Crippen molar-refractivity contribution in [3.63, 3.8) is 0 Å². The van der Waals surface area contributed by atoms with Crippen LogP contribution in [0.4, 0.5) is 5.82 Å². The predicted octanol–water partition coefficient (Wildman–Crippen LogP) is 2.49. The maximum absolute atomic E-state index is 10.8. The molecule has 0 aliphatic carbocycles. The van der Waals surface area contributed by atoms with E-state index in [1.54, 1.807) is 0 Å². The number of aromatic nitrogens is 4. The van der Waals surface area contributed by atoms with Crippen LogP contribution < -0.4 is 10.2 Å². The number of hydrogen-bond donors (Lipinski definition) is 1. The van der Waals surface area contributed by atoms with E-state index in [-0.39, 0.29) is 0 Å². The second-order valence-electron chi connectivity index (χ2n) is 8.68. The van der Waals surface area contributed by atoms with E-state index in [9.17, 15) is 4.79 Å². The highest BCUT2D eigenvalue weighted by atomic mass is 16.7. The second kappa shape index (κ2) is 9.44. The van der Waals surface area contributed by atoms with Crippen LogP contribution in [0.3, 0.4) is 0 Å². The Labute approximate surface area is 193 Å². The summed E-state index contributed by atoms with van der Waals surface area (Å²) in [6, 6.07) is 6.49. The first kappa shape index (κ1) is 21.8. The summed E-state index contributed by atoms with van der Waals surface area (Å²) in [5, 5.41) is 9.26. The summed E-state index contributed by atoms with van der Waals surface area (Å²) >= 11 is 0. The van der Waals surface area contributed by atoms with Crippen molar-refractivity contribution in [3.8, 4) is 5.82 Å². The molecular formula is C24H30N6O3. The fraction of sp³-hybridized carbons (Fsp3) is 0.500. The van der Waals surface area contributed by atoms with E-state index in [4.69, 9.17) is 24.5 Å². The number of carbonyl (C=O) groups is 1. The topological polar surface area (TPSA) is 94.4 Å². The third-order valence-electron chi connectivity index (χ3n) is 6.58. The average molecular weight is 451 g/mol. The third kappa shape index (κ3) is 4.43. The first-order valence-electron chi connectivity index (χ1n) is 11.7. The number of benzene rings is 1. The maximum atomic E-state index is 10.8. The molecular weight excluding hydrogens is 420 g/mol. The summed E-state index contributed by atoms with van der Waals surface area (Å²) in [4.78, 5) is 22.3. The largest absolute Gasteiger partial charge is 0.436 e. The van der Waals surface area contributed by atoms with Crippen LogP contribution in [0.25, 0.3) is 16.7 Å².